The van der Waals surface area contributed by atoms with Crippen molar-refractivity contribution in [3.8, 4) is 11.3 Å². The van der Waals surface area contributed by atoms with Crippen LogP contribution in [0.15, 0.2) is 72.9 Å². The van der Waals surface area contributed by atoms with Gasteiger partial charge in [0.05, 0.1) is 17.1 Å². The van der Waals surface area contributed by atoms with Gasteiger partial charge in [-0.3, -0.25) is 4.79 Å². The zero-order valence-corrected chi connectivity index (χ0v) is 15.5. The topological polar surface area (TPSA) is 46.4 Å². The molecule has 140 valence electrons. The predicted molar refractivity (Wildman–Crippen MR) is 109 cm³/mol. The van der Waals surface area contributed by atoms with Crippen LogP contribution >= 0.6 is 0 Å². The second-order valence-electron chi connectivity index (χ2n) is 6.73. The molecule has 28 heavy (non-hydrogen) atoms. The minimum atomic E-state index is -0.439. The first kappa shape index (κ1) is 17.9. The van der Waals surface area contributed by atoms with Crippen LogP contribution in [0.1, 0.15) is 17.7 Å². The highest BCUT2D eigenvalue weighted by Crippen LogP contribution is 2.26. The van der Waals surface area contributed by atoms with Crippen LogP contribution in [0, 0.1) is 12.7 Å². The Kier molecular flexibility index (Phi) is 4.89. The molecule has 0 fully saturated rings. The van der Waals surface area contributed by atoms with E-state index in [0.717, 1.165) is 22.6 Å². The Morgan fingerprint density at radius 1 is 1.04 bits per heavy atom. The summed E-state index contributed by atoms with van der Waals surface area (Å²) < 4.78 is 15.8. The van der Waals surface area contributed by atoms with Crippen LogP contribution in [-0.4, -0.2) is 15.3 Å². The van der Waals surface area contributed by atoms with Gasteiger partial charge in [-0.2, -0.15) is 0 Å². The standard InChI is InChI=1S/C23H20FN3O/c1-16-9-11-17(12-10-16)23-20(27-15-5-4-8-21(27)26-23)13-14-22(28)25-19-7-3-2-6-18(19)24/h2-12,15H,13-14H2,1H3,(H,25,28). The lowest BCUT2D eigenvalue weighted by Gasteiger charge is -2.08. The molecule has 0 bridgehead atoms. The average Bonchev–Trinajstić information content (AvgIpc) is 3.07. The summed E-state index contributed by atoms with van der Waals surface area (Å²) in [7, 11) is 0. The normalized spacial score (nSPS) is 10.9. The van der Waals surface area contributed by atoms with E-state index in [1.807, 2.05) is 60.0 Å². The molecule has 4 nitrogen and oxygen atoms in total. The van der Waals surface area contributed by atoms with E-state index in [-0.39, 0.29) is 18.0 Å². The Bertz CT molecular complexity index is 1130. The lowest BCUT2D eigenvalue weighted by Crippen LogP contribution is -2.14. The zero-order valence-electron chi connectivity index (χ0n) is 15.5. The summed E-state index contributed by atoms with van der Waals surface area (Å²) >= 11 is 0. The fraction of sp³-hybridized carbons (Fsp3) is 0.130. The van der Waals surface area contributed by atoms with Crippen molar-refractivity contribution in [2.75, 3.05) is 5.32 Å². The van der Waals surface area contributed by atoms with E-state index in [0.29, 0.717) is 6.42 Å². The van der Waals surface area contributed by atoms with E-state index in [1.165, 1.54) is 11.6 Å². The van der Waals surface area contributed by atoms with Crippen LogP contribution in [0.2, 0.25) is 0 Å². The fourth-order valence-electron chi connectivity index (χ4n) is 3.24. The number of nitrogens with one attached hydrogen (secondary N) is 1. The maximum atomic E-state index is 13.8. The first-order valence-electron chi connectivity index (χ1n) is 9.19. The fourth-order valence-corrected chi connectivity index (χ4v) is 3.24. The number of nitrogens with zero attached hydrogens (tertiary/aromatic N) is 2. The summed E-state index contributed by atoms with van der Waals surface area (Å²) in [6, 6.07) is 20.2. The Morgan fingerprint density at radius 2 is 1.79 bits per heavy atom. The number of carbonyl (C=O) groups is 1. The molecule has 2 aromatic heterocycles. The number of aryl methyl sites for hydroxylation is 2. The number of anilines is 1. The molecular weight excluding hydrogens is 353 g/mol. The molecule has 0 unspecified atom stereocenters. The van der Waals surface area contributed by atoms with Crippen LogP contribution in [0.4, 0.5) is 10.1 Å². The number of carbonyl (C=O) groups excluding carboxylic acids is 1. The van der Waals surface area contributed by atoms with Crippen LogP contribution in [0.25, 0.3) is 16.9 Å². The van der Waals surface area contributed by atoms with E-state index in [4.69, 9.17) is 4.98 Å². The highest BCUT2D eigenvalue weighted by Gasteiger charge is 2.15. The number of hydrogen-bond donors (Lipinski definition) is 1. The summed E-state index contributed by atoms with van der Waals surface area (Å²) in [5.74, 6) is -0.670. The summed E-state index contributed by atoms with van der Waals surface area (Å²) in [5.41, 5.74) is 5.05. The van der Waals surface area contributed by atoms with Gasteiger partial charge >= 0.3 is 0 Å². The van der Waals surface area contributed by atoms with Gasteiger partial charge in [-0.1, -0.05) is 48.0 Å². The van der Waals surface area contributed by atoms with E-state index in [1.54, 1.807) is 18.2 Å². The monoisotopic (exact) mass is 373 g/mol. The molecule has 0 aliphatic carbocycles. The van der Waals surface area contributed by atoms with Crippen molar-refractivity contribution in [3.05, 3.63) is 90.0 Å². The van der Waals surface area contributed by atoms with Crippen molar-refractivity contribution in [1.29, 1.82) is 0 Å². The number of imidazole rings is 1. The van der Waals surface area contributed by atoms with Crippen molar-refractivity contribution in [2.24, 2.45) is 0 Å². The Labute approximate surface area is 162 Å². The molecule has 0 saturated heterocycles. The molecule has 2 heterocycles. The smallest absolute Gasteiger partial charge is 0.224 e. The van der Waals surface area contributed by atoms with Crippen molar-refractivity contribution in [2.45, 2.75) is 19.8 Å². The number of amides is 1. The molecule has 1 amide bonds. The molecule has 0 aliphatic heterocycles. The van der Waals surface area contributed by atoms with Gasteiger partial charge in [-0.15, -0.1) is 0 Å². The Balaban J connectivity index is 1.60. The summed E-state index contributed by atoms with van der Waals surface area (Å²) in [6.45, 7) is 2.04. The van der Waals surface area contributed by atoms with Crippen LogP contribution in [0.5, 0.6) is 0 Å². The second kappa shape index (κ2) is 7.64. The third kappa shape index (κ3) is 3.64. The lowest BCUT2D eigenvalue weighted by atomic mass is 10.1. The molecule has 0 aliphatic rings. The molecular formula is C23H20FN3O. The zero-order chi connectivity index (χ0) is 19.5. The molecule has 1 N–H and O–H groups in total. The van der Waals surface area contributed by atoms with Crippen molar-refractivity contribution >= 4 is 17.2 Å². The number of halogens is 1. The van der Waals surface area contributed by atoms with E-state index >= 15 is 0 Å². The first-order valence-corrected chi connectivity index (χ1v) is 9.19. The molecule has 0 saturated carbocycles. The third-order valence-corrected chi connectivity index (χ3v) is 4.69. The number of pyridine rings is 1. The van der Waals surface area contributed by atoms with E-state index < -0.39 is 5.82 Å². The summed E-state index contributed by atoms with van der Waals surface area (Å²) in [4.78, 5) is 17.1. The number of benzene rings is 2. The molecule has 4 aromatic rings. The minimum Gasteiger partial charge on any atom is -0.324 e. The van der Waals surface area contributed by atoms with Crippen LogP contribution in [0.3, 0.4) is 0 Å². The third-order valence-electron chi connectivity index (χ3n) is 4.69. The summed E-state index contributed by atoms with van der Waals surface area (Å²) in [5, 5.41) is 2.64. The number of aromatic nitrogens is 2. The Hall–Kier alpha value is -3.47. The maximum Gasteiger partial charge on any atom is 0.224 e. The highest BCUT2D eigenvalue weighted by molar-refractivity contribution is 5.91. The van der Waals surface area contributed by atoms with E-state index in [9.17, 15) is 9.18 Å². The summed E-state index contributed by atoms with van der Waals surface area (Å²) in [6.07, 6.45) is 2.68. The van der Waals surface area contributed by atoms with Crippen molar-refractivity contribution < 1.29 is 9.18 Å². The number of fused-ring (bicyclic) bond motifs is 1. The molecule has 2 aromatic carbocycles. The van der Waals surface area contributed by atoms with Gasteiger partial charge in [0.15, 0.2) is 0 Å². The largest absolute Gasteiger partial charge is 0.324 e. The van der Waals surface area contributed by atoms with Gasteiger partial charge < -0.3 is 9.72 Å². The molecule has 0 radical (unpaired) electrons. The van der Waals surface area contributed by atoms with Gasteiger partial charge in [-0.05, 0) is 37.6 Å². The number of hydrogen-bond acceptors (Lipinski definition) is 2. The van der Waals surface area contributed by atoms with Gasteiger partial charge in [0.2, 0.25) is 5.91 Å². The molecule has 0 spiro atoms. The highest BCUT2D eigenvalue weighted by atomic mass is 19.1. The maximum absolute atomic E-state index is 13.8. The second-order valence-corrected chi connectivity index (χ2v) is 6.73. The number of para-hydroxylation sites is 1. The SMILES string of the molecule is Cc1ccc(-c2nc3ccccn3c2CCC(=O)Nc2ccccc2F)cc1. The van der Waals surface area contributed by atoms with Gasteiger partial charge in [-0.25, -0.2) is 9.37 Å². The lowest BCUT2D eigenvalue weighted by molar-refractivity contribution is -0.116. The Morgan fingerprint density at radius 3 is 2.57 bits per heavy atom. The van der Waals surface area contributed by atoms with Crippen LogP contribution < -0.4 is 5.32 Å². The van der Waals surface area contributed by atoms with Crippen LogP contribution in [-0.2, 0) is 11.2 Å². The van der Waals surface area contributed by atoms with Gasteiger partial charge in [0, 0.05) is 18.2 Å². The first-order chi connectivity index (χ1) is 13.6. The molecule has 0 atom stereocenters. The number of rotatable bonds is 5. The van der Waals surface area contributed by atoms with Gasteiger partial charge in [0.1, 0.15) is 11.5 Å². The van der Waals surface area contributed by atoms with E-state index in [2.05, 4.69) is 5.32 Å². The molecule has 4 rings (SSSR count). The minimum absolute atomic E-state index is 0.199. The van der Waals surface area contributed by atoms with Gasteiger partial charge in [0.25, 0.3) is 0 Å². The molecule has 5 heteroatoms. The quantitative estimate of drug-likeness (QED) is 0.534. The van der Waals surface area contributed by atoms with Crippen molar-refractivity contribution in [1.82, 2.24) is 9.38 Å². The predicted octanol–water partition coefficient (Wildman–Crippen LogP) is 5.02. The van der Waals surface area contributed by atoms with Crippen molar-refractivity contribution in [3.63, 3.8) is 0 Å². The average molecular weight is 373 g/mol.